The van der Waals surface area contributed by atoms with E-state index in [-0.39, 0.29) is 5.56 Å². The molecule has 5 heteroatoms. The molecule has 0 atom stereocenters. The summed E-state index contributed by atoms with van der Waals surface area (Å²) in [5.74, 6) is -0.715. The maximum atomic E-state index is 11.0. The van der Waals surface area contributed by atoms with Gasteiger partial charge in [-0.05, 0) is 27.7 Å². The largest absolute Gasteiger partial charge is 0.477 e. The third-order valence-corrected chi connectivity index (χ3v) is 1.79. The fraction of sp³-hybridized carbons (Fsp3) is 0.600. The van der Waals surface area contributed by atoms with Crippen LogP contribution in [0, 0.1) is 6.92 Å². The molecule has 0 aliphatic rings. The minimum Gasteiger partial charge on any atom is -0.477 e. The molecule has 15 heavy (non-hydrogen) atoms. The third kappa shape index (κ3) is 2.49. The van der Waals surface area contributed by atoms with Crippen LogP contribution in [-0.4, -0.2) is 26.5 Å². The van der Waals surface area contributed by atoms with Crippen molar-refractivity contribution in [1.82, 2.24) is 9.78 Å². The van der Waals surface area contributed by atoms with Crippen molar-refractivity contribution in [2.75, 3.05) is 0 Å². The lowest BCUT2D eigenvalue weighted by molar-refractivity contribution is 0.0676. The molecular weight excluding hydrogens is 196 g/mol. The summed E-state index contributed by atoms with van der Waals surface area (Å²) in [7, 11) is 1.67. The van der Waals surface area contributed by atoms with Gasteiger partial charge >= 0.3 is 5.97 Å². The van der Waals surface area contributed by atoms with Crippen molar-refractivity contribution in [3.05, 3.63) is 11.3 Å². The van der Waals surface area contributed by atoms with Crippen LogP contribution in [0.5, 0.6) is 5.88 Å². The summed E-state index contributed by atoms with van der Waals surface area (Å²) in [5, 5.41) is 13.1. The molecule has 5 nitrogen and oxygen atoms in total. The average Bonchev–Trinajstić information content (AvgIpc) is 2.23. The first-order valence-corrected chi connectivity index (χ1v) is 4.68. The van der Waals surface area contributed by atoms with Gasteiger partial charge in [-0.1, -0.05) is 0 Å². The first-order chi connectivity index (χ1) is 6.72. The van der Waals surface area contributed by atoms with Crippen LogP contribution < -0.4 is 4.74 Å². The molecule has 1 aromatic heterocycles. The van der Waals surface area contributed by atoms with Gasteiger partial charge in [-0.3, -0.25) is 0 Å². The zero-order chi connectivity index (χ0) is 11.8. The Kier molecular flexibility index (Phi) is 2.75. The van der Waals surface area contributed by atoms with Crippen LogP contribution in [-0.2, 0) is 7.05 Å². The molecule has 0 aliphatic carbocycles. The Hall–Kier alpha value is -1.52. The highest BCUT2D eigenvalue weighted by molar-refractivity contribution is 5.91. The topological polar surface area (TPSA) is 64.4 Å². The molecule has 0 amide bonds. The quantitative estimate of drug-likeness (QED) is 0.808. The molecule has 84 valence electrons. The van der Waals surface area contributed by atoms with E-state index in [2.05, 4.69) is 5.10 Å². The monoisotopic (exact) mass is 212 g/mol. The van der Waals surface area contributed by atoms with Crippen molar-refractivity contribution in [3.8, 4) is 5.88 Å². The molecule has 0 bridgehead atoms. The van der Waals surface area contributed by atoms with Gasteiger partial charge in [-0.25, -0.2) is 9.48 Å². The summed E-state index contributed by atoms with van der Waals surface area (Å²) in [5.41, 5.74) is 0.154. The van der Waals surface area contributed by atoms with Crippen LogP contribution in [0.15, 0.2) is 0 Å². The Morgan fingerprint density at radius 1 is 1.47 bits per heavy atom. The van der Waals surface area contributed by atoms with Crippen molar-refractivity contribution < 1.29 is 14.6 Å². The number of aryl methyl sites for hydroxylation is 2. The van der Waals surface area contributed by atoms with Gasteiger partial charge in [0.1, 0.15) is 11.2 Å². The molecule has 0 fully saturated rings. The number of nitrogens with zero attached hydrogens (tertiary/aromatic N) is 2. The Bertz CT molecular complexity index is 388. The zero-order valence-electron chi connectivity index (χ0n) is 9.66. The molecule has 0 spiro atoms. The number of hydrogen-bond donors (Lipinski definition) is 1. The molecule has 1 heterocycles. The lowest BCUT2D eigenvalue weighted by Crippen LogP contribution is -2.25. The molecule has 1 rings (SSSR count). The van der Waals surface area contributed by atoms with Crippen LogP contribution >= 0.6 is 0 Å². The lowest BCUT2D eigenvalue weighted by Gasteiger charge is -2.21. The van der Waals surface area contributed by atoms with E-state index in [1.165, 1.54) is 4.68 Å². The molecular formula is C10H16N2O3. The predicted octanol–water partition coefficient (Wildman–Crippen LogP) is 1.60. The lowest BCUT2D eigenvalue weighted by atomic mass is 10.2. The average molecular weight is 212 g/mol. The molecule has 0 saturated carbocycles. The molecule has 0 saturated heterocycles. The van der Waals surface area contributed by atoms with Crippen LogP contribution in [0.1, 0.15) is 36.8 Å². The molecule has 1 N–H and O–H groups in total. The summed E-state index contributed by atoms with van der Waals surface area (Å²) in [6.07, 6.45) is 0. The van der Waals surface area contributed by atoms with Crippen LogP contribution in [0.3, 0.4) is 0 Å². The van der Waals surface area contributed by atoms with Gasteiger partial charge in [0.15, 0.2) is 0 Å². The standard InChI is InChI=1S/C10H16N2O3/c1-6-7(9(13)14)8(12(5)11-6)15-10(2,3)4/h1-5H3,(H,13,14). The van der Waals surface area contributed by atoms with E-state index >= 15 is 0 Å². The number of carboxylic acid groups (broad SMARTS) is 1. The Labute approximate surface area is 88.7 Å². The van der Waals surface area contributed by atoms with Gasteiger partial charge < -0.3 is 9.84 Å². The molecule has 0 aromatic carbocycles. The van der Waals surface area contributed by atoms with E-state index in [4.69, 9.17) is 9.84 Å². The molecule has 0 unspecified atom stereocenters. The van der Waals surface area contributed by atoms with E-state index in [0.717, 1.165) is 0 Å². The van der Waals surface area contributed by atoms with Gasteiger partial charge in [0, 0.05) is 7.05 Å². The Morgan fingerprint density at radius 2 is 2.00 bits per heavy atom. The summed E-state index contributed by atoms with van der Waals surface area (Å²) >= 11 is 0. The number of ether oxygens (including phenoxy) is 1. The SMILES string of the molecule is Cc1nn(C)c(OC(C)(C)C)c1C(=O)O. The van der Waals surface area contributed by atoms with Gasteiger partial charge in [-0.15, -0.1) is 0 Å². The zero-order valence-corrected chi connectivity index (χ0v) is 9.66. The normalized spacial score (nSPS) is 11.5. The van der Waals surface area contributed by atoms with E-state index in [1.54, 1.807) is 14.0 Å². The maximum absolute atomic E-state index is 11.0. The second-order valence-corrected chi connectivity index (χ2v) is 4.41. The van der Waals surface area contributed by atoms with E-state index in [9.17, 15) is 4.79 Å². The number of carbonyl (C=O) groups is 1. The first kappa shape index (κ1) is 11.6. The Morgan fingerprint density at radius 3 is 2.40 bits per heavy atom. The molecule has 1 aromatic rings. The number of rotatable bonds is 2. The summed E-state index contributed by atoms with van der Waals surface area (Å²) in [6.45, 7) is 7.24. The first-order valence-electron chi connectivity index (χ1n) is 4.68. The van der Waals surface area contributed by atoms with Crippen LogP contribution in [0.2, 0.25) is 0 Å². The van der Waals surface area contributed by atoms with E-state index < -0.39 is 11.6 Å². The second kappa shape index (κ2) is 3.56. The van der Waals surface area contributed by atoms with Crippen LogP contribution in [0.25, 0.3) is 0 Å². The highest BCUT2D eigenvalue weighted by Gasteiger charge is 2.24. The summed E-state index contributed by atoms with van der Waals surface area (Å²) < 4.78 is 7.01. The highest BCUT2D eigenvalue weighted by Crippen LogP contribution is 2.25. The summed E-state index contributed by atoms with van der Waals surface area (Å²) in [4.78, 5) is 11.0. The number of carboxylic acids is 1. The second-order valence-electron chi connectivity index (χ2n) is 4.41. The minimum atomic E-state index is -1.01. The van der Waals surface area contributed by atoms with Gasteiger partial charge in [-0.2, -0.15) is 5.10 Å². The van der Waals surface area contributed by atoms with Crippen molar-refractivity contribution in [2.45, 2.75) is 33.3 Å². The van der Waals surface area contributed by atoms with Gasteiger partial charge in [0.25, 0.3) is 0 Å². The molecule has 0 aliphatic heterocycles. The van der Waals surface area contributed by atoms with Crippen LogP contribution in [0.4, 0.5) is 0 Å². The van der Waals surface area contributed by atoms with Crippen molar-refractivity contribution in [2.24, 2.45) is 7.05 Å². The highest BCUT2D eigenvalue weighted by atomic mass is 16.5. The third-order valence-electron chi connectivity index (χ3n) is 1.79. The fourth-order valence-electron chi connectivity index (χ4n) is 1.29. The van der Waals surface area contributed by atoms with Gasteiger partial charge in [0.05, 0.1) is 5.69 Å². The minimum absolute atomic E-state index is 0.132. The van der Waals surface area contributed by atoms with Crippen molar-refractivity contribution in [3.63, 3.8) is 0 Å². The molecule has 0 radical (unpaired) electrons. The Balaban J connectivity index is 3.21. The van der Waals surface area contributed by atoms with Crippen molar-refractivity contribution >= 4 is 5.97 Å². The smallest absolute Gasteiger partial charge is 0.343 e. The van der Waals surface area contributed by atoms with E-state index in [0.29, 0.717) is 11.6 Å². The predicted molar refractivity (Wildman–Crippen MR) is 55.3 cm³/mol. The van der Waals surface area contributed by atoms with Gasteiger partial charge in [0.2, 0.25) is 5.88 Å². The van der Waals surface area contributed by atoms with Crippen molar-refractivity contribution in [1.29, 1.82) is 0 Å². The number of hydrogen-bond acceptors (Lipinski definition) is 3. The number of aromatic carboxylic acids is 1. The fourth-order valence-corrected chi connectivity index (χ4v) is 1.29. The number of aromatic nitrogens is 2. The maximum Gasteiger partial charge on any atom is 0.343 e. The summed E-state index contributed by atoms with van der Waals surface area (Å²) in [6, 6.07) is 0. The van der Waals surface area contributed by atoms with E-state index in [1.807, 2.05) is 20.8 Å².